The predicted octanol–water partition coefficient (Wildman–Crippen LogP) is 2.44. The Labute approximate surface area is 102 Å². The molecule has 0 aromatic heterocycles. The van der Waals surface area contributed by atoms with Crippen molar-refractivity contribution in [3.8, 4) is 0 Å². The molecule has 2 nitrogen and oxygen atoms in total. The Hall–Kier alpha value is -0.443. The van der Waals surface area contributed by atoms with Crippen molar-refractivity contribution in [2.45, 2.75) is 45.7 Å². The molecule has 92 valence electrons. The highest BCUT2D eigenvalue weighted by Gasteiger charge is 2.25. The van der Waals surface area contributed by atoms with Gasteiger partial charge < -0.3 is 9.80 Å². The lowest BCUT2D eigenvalue weighted by molar-refractivity contribution is 0.267. The minimum absolute atomic E-state index is 0.639. The summed E-state index contributed by atoms with van der Waals surface area (Å²) in [6.07, 6.45) is 5.57. The SMILES string of the molecule is CC(=C(N1CCCC1)N1CCCC1)[SiH](C)C. The third kappa shape index (κ3) is 2.45. The van der Waals surface area contributed by atoms with Crippen LogP contribution in [-0.4, -0.2) is 44.8 Å². The first kappa shape index (κ1) is 12.0. The summed E-state index contributed by atoms with van der Waals surface area (Å²) in [7, 11) is -0.639. The first-order chi connectivity index (χ1) is 7.70. The molecule has 0 aromatic carbocycles. The van der Waals surface area contributed by atoms with Gasteiger partial charge in [0.1, 0.15) is 0 Å². The molecule has 0 N–H and O–H groups in total. The maximum Gasteiger partial charge on any atom is 0.0984 e. The van der Waals surface area contributed by atoms with Gasteiger partial charge in [-0.2, -0.15) is 0 Å². The summed E-state index contributed by atoms with van der Waals surface area (Å²) in [5, 5.41) is 1.73. The van der Waals surface area contributed by atoms with Crippen LogP contribution in [0.3, 0.4) is 0 Å². The van der Waals surface area contributed by atoms with Crippen molar-refractivity contribution in [2.75, 3.05) is 26.2 Å². The van der Waals surface area contributed by atoms with E-state index in [0.29, 0.717) is 0 Å². The van der Waals surface area contributed by atoms with E-state index in [4.69, 9.17) is 0 Å². The fraction of sp³-hybridized carbons (Fsp3) is 0.846. The first-order valence-corrected chi connectivity index (χ1v) is 9.79. The topological polar surface area (TPSA) is 6.48 Å². The maximum absolute atomic E-state index is 2.66. The Balaban J connectivity index is 2.20. The van der Waals surface area contributed by atoms with Crippen LogP contribution in [-0.2, 0) is 0 Å². The Morgan fingerprint density at radius 3 is 1.50 bits per heavy atom. The average molecular weight is 238 g/mol. The van der Waals surface area contributed by atoms with Gasteiger partial charge in [-0.15, -0.1) is 0 Å². The van der Waals surface area contributed by atoms with E-state index < -0.39 is 8.80 Å². The van der Waals surface area contributed by atoms with E-state index in [9.17, 15) is 0 Å². The summed E-state index contributed by atoms with van der Waals surface area (Å²) in [5.74, 6) is 1.64. The van der Waals surface area contributed by atoms with Crippen LogP contribution in [0.25, 0.3) is 0 Å². The second-order valence-electron chi connectivity index (χ2n) is 5.55. The normalized spacial score (nSPS) is 21.0. The van der Waals surface area contributed by atoms with Crippen LogP contribution >= 0.6 is 0 Å². The van der Waals surface area contributed by atoms with Crippen LogP contribution < -0.4 is 0 Å². The molecule has 0 radical (unpaired) electrons. The molecular weight excluding hydrogens is 212 g/mol. The molecule has 2 fully saturated rings. The van der Waals surface area contributed by atoms with Crippen LogP contribution in [0.1, 0.15) is 32.6 Å². The van der Waals surface area contributed by atoms with Gasteiger partial charge in [0.15, 0.2) is 0 Å². The minimum Gasteiger partial charge on any atom is -0.359 e. The Morgan fingerprint density at radius 1 is 0.812 bits per heavy atom. The fourth-order valence-corrected chi connectivity index (χ4v) is 3.70. The minimum atomic E-state index is -0.639. The van der Waals surface area contributed by atoms with E-state index in [1.54, 1.807) is 11.0 Å². The zero-order valence-electron chi connectivity index (χ0n) is 11.1. The van der Waals surface area contributed by atoms with E-state index in [0.717, 1.165) is 0 Å². The zero-order valence-corrected chi connectivity index (χ0v) is 12.3. The van der Waals surface area contributed by atoms with Crippen LogP contribution in [0, 0.1) is 0 Å². The lowest BCUT2D eigenvalue weighted by Crippen LogP contribution is -2.35. The van der Waals surface area contributed by atoms with Crippen molar-refractivity contribution in [1.29, 1.82) is 0 Å². The second kappa shape index (κ2) is 5.26. The molecule has 0 saturated carbocycles. The molecule has 0 aromatic rings. The third-order valence-electron chi connectivity index (χ3n) is 4.03. The molecule has 0 aliphatic carbocycles. The van der Waals surface area contributed by atoms with E-state index in [1.165, 1.54) is 51.9 Å². The van der Waals surface area contributed by atoms with E-state index in [2.05, 4.69) is 29.8 Å². The van der Waals surface area contributed by atoms with Crippen molar-refractivity contribution >= 4 is 8.80 Å². The van der Waals surface area contributed by atoms with Crippen LogP contribution in [0.2, 0.25) is 13.1 Å². The summed E-state index contributed by atoms with van der Waals surface area (Å²) in [6.45, 7) is 12.5. The second-order valence-corrected chi connectivity index (χ2v) is 8.73. The molecule has 3 heteroatoms. The monoisotopic (exact) mass is 238 g/mol. The summed E-state index contributed by atoms with van der Waals surface area (Å²) < 4.78 is 0. The summed E-state index contributed by atoms with van der Waals surface area (Å²) >= 11 is 0. The molecule has 0 unspecified atom stereocenters. The van der Waals surface area contributed by atoms with Gasteiger partial charge in [-0.05, 0) is 37.8 Å². The van der Waals surface area contributed by atoms with Gasteiger partial charge in [0, 0.05) is 26.2 Å². The lowest BCUT2D eigenvalue weighted by atomic mass is 10.4. The molecule has 0 atom stereocenters. The largest absolute Gasteiger partial charge is 0.359 e. The summed E-state index contributed by atoms with van der Waals surface area (Å²) in [5.41, 5.74) is 0. The standard InChI is InChI=1S/C13H26N2Si/c1-12(16(2)3)13(14-8-4-5-9-14)15-10-6-7-11-15/h16H,4-11H2,1-3H3. The van der Waals surface area contributed by atoms with Gasteiger partial charge in [0.05, 0.1) is 14.6 Å². The smallest absolute Gasteiger partial charge is 0.0984 e. The van der Waals surface area contributed by atoms with E-state index in [-0.39, 0.29) is 0 Å². The Morgan fingerprint density at radius 2 is 1.19 bits per heavy atom. The maximum atomic E-state index is 2.66. The van der Waals surface area contributed by atoms with Gasteiger partial charge in [-0.25, -0.2) is 0 Å². The molecule has 2 heterocycles. The number of hydrogen-bond donors (Lipinski definition) is 0. The molecule has 0 amide bonds. The van der Waals surface area contributed by atoms with Crippen LogP contribution in [0.5, 0.6) is 0 Å². The van der Waals surface area contributed by atoms with Gasteiger partial charge in [0.25, 0.3) is 0 Å². The Kier molecular flexibility index (Phi) is 3.95. The molecule has 2 aliphatic rings. The predicted molar refractivity (Wildman–Crippen MR) is 73.2 cm³/mol. The molecule has 2 aliphatic heterocycles. The van der Waals surface area contributed by atoms with Crippen LogP contribution in [0.15, 0.2) is 11.0 Å². The molecule has 2 saturated heterocycles. The number of nitrogens with zero attached hydrogens (tertiary/aromatic N) is 2. The highest BCUT2D eigenvalue weighted by atomic mass is 28.3. The van der Waals surface area contributed by atoms with Crippen LogP contribution in [0.4, 0.5) is 0 Å². The van der Waals surface area contributed by atoms with Crippen molar-refractivity contribution in [3.63, 3.8) is 0 Å². The van der Waals surface area contributed by atoms with Crippen molar-refractivity contribution < 1.29 is 0 Å². The zero-order chi connectivity index (χ0) is 11.5. The van der Waals surface area contributed by atoms with Gasteiger partial charge in [0.2, 0.25) is 0 Å². The van der Waals surface area contributed by atoms with Crippen molar-refractivity contribution in [1.82, 2.24) is 9.80 Å². The van der Waals surface area contributed by atoms with Gasteiger partial charge >= 0.3 is 0 Å². The fourth-order valence-electron chi connectivity index (χ4n) is 2.81. The van der Waals surface area contributed by atoms with E-state index >= 15 is 0 Å². The van der Waals surface area contributed by atoms with E-state index in [1.807, 2.05) is 0 Å². The number of hydrogen-bond acceptors (Lipinski definition) is 2. The Bertz CT molecular complexity index is 243. The molecular formula is C13H26N2Si. The number of likely N-dealkylation sites (tertiary alicyclic amines) is 2. The molecule has 0 bridgehead atoms. The molecule has 2 rings (SSSR count). The first-order valence-electron chi connectivity index (χ1n) is 6.91. The highest BCUT2D eigenvalue weighted by Crippen LogP contribution is 2.25. The summed E-state index contributed by atoms with van der Waals surface area (Å²) in [4.78, 5) is 5.32. The highest BCUT2D eigenvalue weighted by molar-refractivity contribution is 6.63. The number of allylic oxidation sites excluding steroid dienone is 1. The quantitative estimate of drug-likeness (QED) is 0.697. The number of rotatable bonds is 3. The van der Waals surface area contributed by atoms with Gasteiger partial charge in [-0.3, -0.25) is 0 Å². The average Bonchev–Trinajstić information content (AvgIpc) is 2.89. The molecule has 16 heavy (non-hydrogen) atoms. The van der Waals surface area contributed by atoms with Gasteiger partial charge in [-0.1, -0.05) is 13.1 Å². The van der Waals surface area contributed by atoms with Crippen molar-refractivity contribution in [2.24, 2.45) is 0 Å². The summed E-state index contributed by atoms with van der Waals surface area (Å²) in [6, 6.07) is 0. The molecule has 0 spiro atoms. The lowest BCUT2D eigenvalue weighted by Gasteiger charge is -2.33. The third-order valence-corrected chi connectivity index (χ3v) is 6.02. The van der Waals surface area contributed by atoms with Crippen molar-refractivity contribution in [3.05, 3.63) is 11.0 Å².